The number of nitrogens with one attached hydrogen (secondary N) is 2. The quantitative estimate of drug-likeness (QED) is 0.144. The number of aliphatic hydroxyl groups excluding tert-OH is 1. The standard InChI is InChI=1S/C31H31BrN3O9P/c1-41-30(38)24(16-20-8-3-2-4-9-20)34-45(40,44-26-13-7-11-21-10-5-6-12-23(21)26)42-19-27-25(36)17-28(43-27)35-18-22(14-15-32)29(37)33-31(35)39/h2-15,18,24-25,27-28,36H,16-17,19H2,1H3,(H,34,40)(H,33,37,39)/b15-14+/t24-,25?,27?,28?,45?/m0/s1. The third kappa shape index (κ3) is 7.88. The Kier molecular flexibility index (Phi) is 10.5. The summed E-state index contributed by atoms with van der Waals surface area (Å²) >= 11 is 3.11. The molecular weight excluding hydrogens is 669 g/mol. The van der Waals surface area contributed by atoms with Gasteiger partial charge < -0.3 is 19.1 Å². The number of aromatic amines is 1. The van der Waals surface area contributed by atoms with Gasteiger partial charge in [-0.25, -0.2) is 9.36 Å². The van der Waals surface area contributed by atoms with Gasteiger partial charge in [0.05, 0.1) is 25.4 Å². The topological polar surface area (TPSA) is 158 Å². The molecule has 236 valence electrons. The number of hydrogen-bond donors (Lipinski definition) is 3. The van der Waals surface area contributed by atoms with Crippen molar-refractivity contribution in [2.75, 3.05) is 13.7 Å². The van der Waals surface area contributed by atoms with E-state index in [4.69, 9.17) is 18.5 Å². The van der Waals surface area contributed by atoms with Gasteiger partial charge in [0.15, 0.2) is 0 Å². The molecule has 3 aromatic carbocycles. The number of halogens is 1. The Labute approximate surface area is 266 Å². The van der Waals surface area contributed by atoms with Gasteiger partial charge in [-0.05, 0) is 34.5 Å². The molecule has 4 aromatic rings. The molecular formula is C31H31BrN3O9P. The molecule has 0 amide bonds. The average Bonchev–Trinajstić information content (AvgIpc) is 3.41. The molecule has 0 radical (unpaired) electrons. The van der Waals surface area contributed by atoms with Crippen LogP contribution in [0.25, 0.3) is 16.8 Å². The molecule has 4 unspecified atom stereocenters. The van der Waals surface area contributed by atoms with Crippen LogP contribution in [-0.4, -0.2) is 52.6 Å². The SMILES string of the molecule is COC(=O)[C@H](Cc1ccccc1)NP(=O)(OCC1OC(n2cc(/C=C/Br)c(=O)[nH]c2=O)CC1O)Oc1cccc2ccccc12. The molecule has 5 rings (SSSR count). The van der Waals surface area contributed by atoms with Crippen LogP contribution in [0.2, 0.25) is 0 Å². The Morgan fingerprint density at radius 3 is 2.64 bits per heavy atom. The fourth-order valence-electron chi connectivity index (χ4n) is 4.97. The van der Waals surface area contributed by atoms with Crippen LogP contribution in [0.5, 0.6) is 5.75 Å². The number of nitrogens with zero attached hydrogens (tertiary/aromatic N) is 1. The summed E-state index contributed by atoms with van der Waals surface area (Å²) in [7, 11) is -3.16. The first-order valence-electron chi connectivity index (χ1n) is 14.0. The molecule has 1 aromatic heterocycles. The molecule has 1 saturated heterocycles. The summed E-state index contributed by atoms with van der Waals surface area (Å²) in [5.74, 6) is -0.447. The zero-order chi connectivity index (χ0) is 32.0. The first-order chi connectivity index (χ1) is 21.7. The van der Waals surface area contributed by atoms with E-state index in [-0.39, 0.29) is 24.2 Å². The number of aromatic nitrogens is 2. The second-order valence-electron chi connectivity index (χ2n) is 10.2. The van der Waals surface area contributed by atoms with E-state index in [1.807, 2.05) is 54.6 Å². The number of esters is 1. The van der Waals surface area contributed by atoms with Gasteiger partial charge in [0.25, 0.3) is 5.56 Å². The summed E-state index contributed by atoms with van der Waals surface area (Å²) in [5, 5.41) is 15.1. The van der Waals surface area contributed by atoms with Crippen LogP contribution in [0, 0.1) is 0 Å². The van der Waals surface area contributed by atoms with Crippen molar-refractivity contribution in [2.24, 2.45) is 0 Å². The molecule has 0 spiro atoms. The highest BCUT2D eigenvalue weighted by Crippen LogP contribution is 2.47. The van der Waals surface area contributed by atoms with Gasteiger partial charge in [-0.3, -0.25) is 23.7 Å². The maximum absolute atomic E-state index is 14.5. The predicted octanol–water partition coefficient (Wildman–Crippen LogP) is 4.28. The lowest BCUT2D eigenvalue weighted by atomic mass is 10.1. The minimum atomic E-state index is -4.38. The zero-order valence-corrected chi connectivity index (χ0v) is 26.6. The Bertz CT molecular complexity index is 1840. The summed E-state index contributed by atoms with van der Waals surface area (Å²) in [6.07, 6.45) is -0.243. The van der Waals surface area contributed by atoms with Crippen LogP contribution < -0.4 is 20.9 Å². The molecule has 14 heteroatoms. The van der Waals surface area contributed by atoms with Gasteiger partial charge in [0.2, 0.25) is 0 Å². The molecule has 45 heavy (non-hydrogen) atoms. The maximum Gasteiger partial charge on any atom is 0.459 e. The normalized spacial score (nSPS) is 20.2. The van der Waals surface area contributed by atoms with E-state index >= 15 is 0 Å². The summed E-state index contributed by atoms with van der Waals surface area (Å²) in [4.78, 5) is 41.2. The molecule has 0 bridgehead atoms. The summed E-state index contributed by atoms with van der Waals surface area (Å²) in [6.45, 7) is -0.432. The first-order valence-corrected chi connectivity index (χ1v) is 16.4. The molecule has 0 saturated carbocycles. The number of methoxy groups -OCH3 is 1. The number of carbonyl (C=O) groups excluding carboxylic acids is 1. The van der Waals surface area contributed by atoms with Crippen LogP contribution in [0.3, 0.4) is 0 Å². The van der Waals surface area contributed by atoms with Crippen molar-refractivity contribution >= 4 is 46.5 Å². The van der Waals surface area contributed by atoms with E-state index in [1.54, 1.807) is 18.2 Å². The van der Waals surface area contributed by atoms with Crippen LogP contribution in [0.15, 0.2) is 93.6 Å². The van der Waals surface area contributed by atoms with Crippen LogP contribution in [0.1, 0.15) is 23.8 Å². The van der Waals surface area contributed by atoms with Crippen molar-refractivity contribution in [3.63, 3.8) is 0 Å². The third-order valence-corrected chi connectivity index (χ3v) is 9.03. The van der Waals surface area contributed by atoms with Gasteiger partial charge >= 0.3 is 19.4 Å². The zero-order valence-electron chi connectivity index (χ0n) is 24.1. The predicted molar refractivity (Wildman–Crippen MR) is 171 cm³/mol. The lowest BCUT2D eigenvalue weighted by molar-refractivity contribution is -0.142. The van der Waals surface area contributed by atoms with Crippen molar-refractivity contribution in [1.29, 1.82) is 0 Å². The maximum atomic E-state index is 14.5. The number of aliphatic hydroxyl groups is 1. The smallest absolute Gasteiger partial charge is 0.459 e. The molecule has 0 aliphatic carbocycles. The summed E-state index contributed by atoms with van der Waals surface area (Å²) in [5.41, 5.74) is -0.346. The molecule has 12 nitrogen and oxygen atoms in total. The van der Waals surface area contributed by atoms with E-state index in [9.17, 15) is 24.1 Å². The molecule has 5 atom stereocenters. The number of hydrogen-bond acceptors (Lipinski definition) is 9. The van der Waals surface area contributed by atoms with Gasteiger partial charge in [-0.2, -0.15) is 5.09 Å². The van der Waals surface area contributed by atoms with E-state index < -0.39 is 56.0 Å². The van der Waals surface area contributed by atoms with Crippen molar-refractivity contribution in [3.05, 3.63) is 116 Å². The second kappa shape index (κ2) is 14.5. The van der Waals surface area contributed by atoms with E-state index in [0.29, 0.717) is 5.39 Å². The van der Waals surface area contributed by atoms with E-state index in [0.717, 1.165) is 15.5 Å². The molecule has 1 aliphatic heterocycles. The second-order valence-corrected chi connectivity index (χ2v) is 12.5. The minimum Gasteiger partial charge on any atom is -0.468 e. The van der Waals surface area contributed by atoms with Gasteiger partial charge in [0, 0.05) is 18.0 Å². The van der Waals surface area contributed by atoms with Crippen molar-refractivity contribution in [2.45, 2.75) is 37.3 Å². The van der Waals surface area contributed by atoms with Gasteiger partial charge in [0.1, 0.15) is 24.1 Å². The Morgan fingerprint density at radius 1 is 1.16 bits per heavy atom. The number of fused-ring (bicyclic) bond motifs is 1. The molecule has 1 fully saturated rings. The molecule has 2 heterocycles. The highest BCUT2D eigenvalue weighted by Gasteiger charge is 2.40. The van der Waals surface area contributed by atoms with Gasteiger partial charge in [-0.15, -0.1) is 0 Å². The van der Waals surface area contributed by atoms with E-state index in [1.165, 1.54) is 24.4 Å². The first kappa shape index (κ1) is 32.6. The van der Waals surface area contributed by atoms with Crippen molar-refractivity contribution in [3.8, 4) is 5.75 Å². The lowest BCUT2D eigenvalue weighted by Crippen LogP contribution is -2.39. The summed E-state index contributed by atoms with van der Waals surface area (Å²) in [6, 6.07) is 20.5. The molecule has 1 aliphatic rings. The number of carbonyl (C=O) groups is 1. The number of ether oxygens (including phenoxy) is 2. The average molecular weight is 700 g/mol. The number of rotatable bonds is 12. The Hall–Kier alpha value is -3.84. The number of benzene rings is 3. The third-order valence-electron chi connectivity index (χ3n) is 7.21. The van der Waals surface area contributed by atoms with Crippen LogP contribution in [0.4, 0.5) is 0 Å². The monoisotopic (exact) mass is 699 g/mol. The van der Waals surface area contributed by atoms with Crippen molar-refractivity contribution < 1.29 is 33.0 Å². The summed E-state index contributed by atoms with van der Waals surface area (Å²) < 4.78 is 38.4. The Balaban J connectivity index is 1.41. The highest BCUT2D eigenvalue weighted by molar-refractivity contribution is 9.11. The lowest BCUT2D eigenvalue weighted by Gasteiger charge is -2.26. The van der Waals surface area contributed by atoms with Crippen LogP contribution in [-0.2, 0) is 29.8 Å². The van der Waals surface area contributed by atoms with Gasteiger partial charge in [-0.1, -0.05) is 82.7 Å². The van der Waals surface area contributed by atoms with Crippen LogP contribution >= 0.6 is 23.7 Å². The van der Waals surface area contributed by atoms with E-state index in [2.05, 4.69) is 26.0 Å². The number of H-pyrrole nitrogens is 1. The molecule has 3 N–H and O–H groups in total. The fourth-order valence-corrected chi connectivity index (χ4v) is 6.77. The fraction of sp³-hybridized carbons (Fsp3) is 0.258. The highest BCUT2D eigenvalue weighted by atomic mass is 79.9. The minimum absolute atomic E-state index is 0.0157. The Morgan fingerprint density at radius 2 is 1.89 bits per heavy atom. The largest absolute Gasteiger partial charge is 0.468 e. The van der Waals surface area contributed by atoms with Crippen molar-refractivity contribution in [1.82, 2.24) is 14.6 Å².